The highest BCUT2D eigenvalue weighted by Gasteiger charge is 2.23. The minimum Gasteiger partial charge on any atom is -0.397 e. The standard InChI is InChI=1S/C6H4ClF2N3O2/c7-3-4(10)2(5(8)9)1-11-6(3)12(13)14/h1,5H,(H2,10,11). The van der Waals surface area contributed by atoms with Crippen molar-refractivity contribution in [1.29, 1.82) is 0 Å². The van der Waals surface area contributed by atoms with Gasteiger partial charge in [-0.1, -0.05) is 11.6 Å². The second-order valence-corrected chi connectivity index (χ2v) is 2.70. The summed E-state index contributed by atoms with van der Waals surface area (Å²) in [6, 6.07) is 0. The van der Waals surface area contributed by atoms with Crippen molar-refractivity contribution in [3.05, 3.63) is 26.9 Å². The maximum absolute atomic E-state index is 12.2. The van der Waals surface area contributed by atoms with Crippen LogP contribution in [0, 0.1) is 10.1 Å². The number of alkyl halides is 2. The first-order valence-electron chi connectivity index (χ1n) is 3.31. The topological polar surface area (TPSA) is 82.0 Å². The summed E-state index contributed by atoms with van der Waals surface area (Å²) in [6.45, 7) is 0. The van der Waals surface area contributed by atoms with Crippen molar-refractivity contribution < 1.29 is 13.7 Å². The highest BCUT2D eigenvalue weighted by atomic mass is 35.5. The summed E-state index contributed by atoms with van der Waals surface area (Å²) in [6.07, 6.45) is -2.22. The van der Waals surface area contributed by atoms with E-state index < -0.39 is 33.4 Å². The number of aromatic nitrogens is 1. The Bertz CT molecular complexity index is 386. The molecule has 0 radical (unpaired) electrons. The number of nitrogen functional groups attached to an aromatic ring is 1. The Morgan fingerprint density at radius 3 is 2.64 bits per heavy atom. The van der Waals surface area contributed by atoms with Gasteiger partial charge >= 0.3 is 5.82 Å². The molecule has 0 bridgehead atoms. The van der Waals surface area contributed by atoms with E-state index in [4.69, 9.17) is 17.3 Å². The molecular weight excluding hydrogens is 220 g/mol. The van der Waals surface area contributed by atoms with Crippen LogP contribution in [0.15, 0.2) is 6.20 Å². The highest BCUT2D eigenvalue weighted by molar-refractivity contribution is 6.35. The number of halogens is 3. The number of anilines is 1. The second-order valence-electron chi connectivity index (χ2n) is 2.32. The lowest BCUT2D eigenvalue weighted by atomic mass is 10.2. The van der Waals surface area contributed by atoms with E-state index in [0.29, 0.717) is 6.20 Å². The van der Waals surface area contributed by atoms with E-state index in [-0.39, 0.29) is 0 Å². The number of hydrogen-bond donors (Lipinski definition) is 1. The zero-order chi connectivity index (χ0) is 10.9. The molecule has 0 aliphatic rings. The quantitative estimate of drug-likeness (QED) is 0.615. The molecule has 0 saturated carbocycles. The third-order valence-corrected chi connectivity index (χ3v) is 1.85. The first-order valence-corrected chi connectivity index (χ1v) is 3.69. The third kappa shape index (κ3) is 1.72. The largest absolute Gasteiger partial charge is 0.397 e. The lowest BCUT2D eigenvalue weighted by molar-refractivity contribution is -0.389. The first kappa shape index (κ1) is 10.6. The minimum atomic E-state index is -2.86. The Morgan fingerprint density at radius 1 is 1.64 bits per heavy atom. The van der Waals surface area contributed by atoms with E-state index >= 15 is 0 Å². The predicted molar refractivity (Wildman–Crippen MR) is 45.3 cm³/mol. The Hall–Kier alpha value is -1.50. The molecule has 5 nitrogen and oxygen atoms in total. The fourth-order valence-electron chi connectivity index (χ4n) is 0.805. The maximum atomic E-state index is 12.2. The third-order valence-electron chi connectivity index (χ3n) is 1.48. The van der Waals surface area contributed by atoms with Crippen LogP contribution in [0.25, 0.3) is 0 Å². The van der Waals surface area contributed by atoms with Crippen LogP contribution in [0.2, 0.25) is 5.02 Å². The number of rotatable bonds is 2. The zero-order valence-corrected chi connectivity index (χ0v) is 7.33. The van der Waals surface area contributed by atoms with Crippen molar-refractivity contribution >= 4 is 23.1 Å². The number of nitro groups is 1. The molecule has 0 unspecified atom stereocenters. The van der Waals surface area contributed by atoms with E-state index in [1.165, 1.54) is 0 Å². The molecule has 0 fully saturated rings. The normalized spacial score (nSPS) is 10.6. The molecule has 0 spiro atoms. The van der Waals surface area contributed by atoms with Gasteiger partial charge in [0.25, 0.3) is 6.43 Å². The van der Waals surface area contributed by atoms with Gasteiger partial charge in [0.05, 0.1) is 11.3 Å². The summed E-state index contributed by atoms with van der Waals surface area (Å²) in [4.78, 5) is 12.5. The van der Waals surface area contributed by atoms with Gasteiger partial charge in [0, 0.05) is 0 Å². The van der Waals surface area contributed by atoms with Crippen LogP contribution >= 0.6 is 11.6 Å². The molecule has 76 valence electrons. The molecule has 2 N–H and O–H groups in total. The van der Waals surface area contributed by atoms with Crippen LogP contribution in [-0.2, 0) is 0 Å². The molecule has 0 aliphatic heterocycles. The van der Waals surface area contributed by atoms with E-state index in [2.05, 4.69) is 4.98 Å². The van der Waals surface area contributed by atoms with Crippen molar-refractivity contribution in [2.45, 2.75) is 6.43 Å². The molecule has 0 saturated heterocycles. The van der Waals surface area contributed by atoms with Gasteiger partial charge in [-0.15, -0.1) is 0 Å². The van der Waals surface area contributed by atoms with Crippen LogP contribution in [-0.4, -0.2) is 9.91 Å². The van der Waals surface area contributed by atoms with Crippen molar-refractivity contribution in [2.24, 2.45) is 0 Å². The molecule has 8 heteroatoms. The summed E-state index contributed by atoms with van der Waals surface area (Å²) >= 11 is 5.37. The van der Waals surface area contributed by atoms with Gasteiger partial charge in [0.1, 0.15) is 0 Å². The Labute approximate surface area is 81.6 Å². The van der Waals surface area contributed by atoms with Gasteiger partial charge < -0.3 is 15.8 Å². The van der Waals surface area contributed by atoms with Gasteiger partial charge in [-0.2, -0.15) is 0 Å². The number of nitrogens with zero attached hydrogens (tertiary/aromatic N) is 2. The van der Waals surface area contributed by atoms with Gasteiger partial charge in [-0.25, -0.2) is 8.78 Å². The van der Waals surface area contributed by atoms with Crippen LogP contribution in [0.3, 0.4) is 0 Å². The van der Waals surface area contributed by atoms with Crippen LogP contribution in [0.1, 0.15) is 12.0 Å². The lowest BCUT2D eigenvalue weighted by Crippen LogP contribution is -2.01. The summed E-state index contributed by atoms with van der Waals surface area (Å²) in [7, 11) is 0. The van der Waals surface area contributed by atoms with Gasteiger partial charge in [-0.3, -0.25) is 0 Å². The first-order chi connectivity index (χ1) is 6.45. The summed E-state index contributed by atoms with van der Waals surface area (Å²) < 4.78 is 24.4. The van der Waals surface area contributed by atoms with Crippen LogP contribution in [0.5, 0.6) is 0 Å². The Kier molecular flexibility index (Phi) is 2.80. The van der Waals surface area contributed by atoms with E-state index in [0.717, 1.165) is 0 Å². The molecule has 1 heterocycles. The maximum Gasteiger partial charge on any atom is 0.384 e. The molecule has 1 aromatic rings. The number of nitrogens with two attached hydrogens (primary N) is 1. The van der Waals surface area contributed by atoms with Crippen molar-refractivity contribution in [3.8, 4) is 0 Å². The van der Waals surface area contributed by atoms with Crippen LogP contribution in [0.4, 0.5) is 20.3 Å². The number of pyridine rings is 1. The van der Waals surface area contributed by atoms with E-state index in [1.54, 1.807) is 0 Å². The zero-order valence-electron chi connectivity index (χ0n) is 6.58. The summed E-state index contributed by atoms with van der Waals surface area (Å²) in [5, 5.41) is 9.71. The van der Waals surface area contributed by atoms with E-state index in [1.807, 2.05) is 0 Å². The molecule has 0 atom stereocenters. The smallest absolute Gasteiger partial charge is 0.384 e. The molecule has 14 heavy (non-hydrogen) atoms. The fraction of sp³-hybridized carbons (Fsp3) is 0.167. The van der Waals surface area contributed by atoms with Gasteiger partial charge in [0.2, 0.25) is 0 Å². The van der Waals surface area contributed by atoms with Gasteiger partial charge in [-0.05, 0) is 9.91 Å². The van der Waals surface area contributed by atoms with Crippen LogP contribution < -0.4 is 5.73 Å². The second kappa shape index (κ2) is 3.70. The molecule has 0 aliphatic carbocycles. The summed E-state index contributed by atoms with van der Waals surface area (Å²) in [5.74, 6) is -0.728. The minimum absolute atomic E-state index is 0.511. The Balaban J connectivity index is 3.33. The van der Waals surface area contributed by atoms with Crippen molar-refractivity contribution in [3.63, 3.8) is 0 Å². The van der Waals surface area contributed by atoms with Gasteiger partial charge in [0.15, 0.2) is 11.2 Å². The Morgan fingerprint density at radius 2 is 2.21 bits per heavy atom. The van der Waals surface area contributed by atoms with Crippen molar-refractivity contribution in [1.82, 2.24) is 4.98 Å². The molecular formula is C6H4ClF2N3O2. The lowest BCUT2D eigenvalue weighted by Gasteiger charge is -2.03. The predicted octanol–water partition coefficient (Wildman–Crippen LogP) is 2.16. The molecule has 1 rings (SSSR count). The monoisotopic (exact) mass is 223 g/mol. The fourth-order valence-corrected chi connectivity index (χ4v) is 1.03. The highest BCUT2D eigenvalue weighted by Crippen LogP contribution is 2.34. The molecule has 0 aromatic carbocycles. The average Bonchev–Trinajstić information content (AvgIpc) is 2.08. The molecule has 1 aromatic heterocycles. The SMILES string of the molecule is Nc1c(C(F)F)cnc([N+](=O)[O-])c1Cl. The average molecular weight is 224 g/mol. The number of hydrogen-bond acceptors (Lipinski definition) is 4. The summed E-state index contributed by atoms with van der Waals surface area (Å²) in [5.41, 5.74) is 4.04. The van der Waals surface area contributed by atoms with E-state index in [9.17, 15) is 18.9 Å². The van der Waals surface area contributed by atoms with Crippen molar-refractivity contribution in [2.75, 3.05) is 5.73 Å². The molecule has 0 amide bonds.